The van der Waals surface area contributed by atoms with E-state index in [1.807, 2.05) is 24.3 Å². The van der Waals surface area contributed by atoms with Crippen molar-refractivity contribution in [3.05, 3.63) is 59.7 Å². The van der Waals surface area contributed by atoms with Crippen LogP contribution in [0.4, 0.5) is 11.4 Å². The molecule has 3 amide bonds. The normalized spacial score (nSPS) is 10.1. The number of carbonyl (C=O) groups excluding carboxylic acids is 3. The number of rotatable bonds is 8. The average molecular weight is 382 g/mol. The minimum absolute atomic E-state index is 0.0796. The van der Waals surface area contributed by atoms with Crippen LogP contribution in [-0.4, -0.2) is 50.3 Å². The third-order valence-electron chi connectivity index (χ3n) is 4.17. The maximum Gasteiger partial charge on any atom is 0.251 e. The first-order chi connectivity index (χ1) is 13.4. The van der Waals surface area contributed by atoms with E-state index in [4.69, 9.17) is 0 Å². The molecular formula is C21H26N4O3. The van der Waals surface area contributed by atoms with Gasteiger partial charge in [-0.1, -0.05) is 18.2 Å². The number of carbonyl (C=O) groups is 3. The lowest BCUT2D eigenvalue weighted by molar-refractivity contribution is -0.128. The van der Waals surface area contributed by atoms with Crippen molar-refractivity contribution < 1.29 is 14.4 Å². The van der Waals surface area contributed by atoms with E-state index in [2.05, 4.69) is 16.0 Å². The van der Waals surface area contributed by atoms with Crippen LogP contribution in [0.25, 0.3) is 0 Å². The number of benzene rings is 2. The number of amides is 3. The molecule has 0 radical (unpaired) electrons. The lowest BCUT2D eigenvalue weighted by Gasteiger charge is -2.11. The van der Waals surface area contributed by atoms with E-state index in [1.54, 1.807) is 50.3 Å². The Morgan fingerprint density at radius 1 is 0.964 bits per heavy atom. The molecule has 2 rings (SSSR count). The quantitative estimate of drug-likeness (QED) is 0.652. The van der Waals surface area contributed by atoms with Crippen molar-refractivity contribution in [3.63, 3.8) is 0 Å². The molecule has 148 valence electrons. The summed E-state index contributed by atoms with van der Waals surface area (Å²) in [6, 6.07) is 14.4. The molecule has 0 fully saturated rings. The Kier molecular flexibility index (Phi) is 7.56. The Morgan fingerprint density at radius 3 is 2.32 bits per heavy atom. The molecule has 3 N–H and O–H groups in total. The number of hydrogen-bond donors (Lipinski definition) is 3. The topological polar surface area (TPSA) is 90.5 Å². The highest BCUT2D eigenvalue weighted by atomic mass is 16.2. The summed E-state index contributed by atoms with van der Waals surface area (Å²) in [5.74, 6) is -0.287. The van der Waals surface area contributed by atoms with Gasteiger partial charge >= 0.3 is 0 Å². The second kappa shape index (κ2) is 10.1. The van der Waals surface area contributed by atoms with Crippen LogP contribution in [0.5, 0.6) is 0 Å². The zero-order chi connectivity index (χ0) is 20.5. The van der Waals surface area contributed by atoms with E-state index in [0.717, 1.165) is 5.56 Å². The van der Waals surface area contributed by atoms with Gasteiger partial charge in [-0.15, -0.1) is 0 Å². The molecule has 0 bridgehead atoms. The van der Waals surface area contributed by atoms with E-state index < -0.39 is 0 Å². The highest BCUT2D eigenvalue weighted by Crippen LogP contribution is 2.13. The molecule has 7 nitrogen and oxygen atoms in total. The van der Waals surface area contributed by atoms with Crippen molar-refractivity contribution in [1.82, 2.24) is 10.2 Å². The molecule has 0 spiro atoms. The van der Waals surface area contributed by atoms with Crippen molar-refractivity contribution in [2.45, 2.75) is 12.8 Å². The zero-order valence-electron chi connectivity index (χ0n) is 16.4. The van der Waals surface area contributed by atoms with Gasteiger partial charge in [0.15, 0.2) is 0 Å². The van der Waals surface area contributed by atoms with Crippen LogP contribution in [-0.2, 0) is 16.0 Å². The average Bonchev–Trinajstić information content (AvgIpc) is 2.71. The van der Waals surface area contributed by atoms with Crippen molar-refractivity contribution in [3.8, 4) is 0 Å². The van der Waals surface area contributed by atoms with Crippen LogP contribution in [0.3, 0.4) is 0 Å². The van der Waals surface area contributed by atoms with Gasteiger partial charge in [-0.2, -0.15) is 0 Å². The van der Waals surface area contributed by atoms with Gasteiger partial charge < -0.3 is 20.9 Å². The maximum atomic E-state index is 12.1. The number of nitrogens with zero attached hydrogens (tertiary/aromatic N) is 1. The Hall–Kier alpha value is -3.35. The van der Waals surface area contributed by atoms with Crippen LogP contribution >= 0.6 is 0 Å². The number of hydrogen-bond acceptors (Lipinski definition) is 4. The Balaban J connectivity index is 1.83. The minimum atomic E-state index is -0.194. The molecule has 0 aromatic heterocycles. The molecule has 0 atom stereocenters. The minimum Gasteiger partial charge on any atom is -0.376 e. The standard InChI is InChI=1S/C21H26N4O3/c1-22-21(28)16-5-4-6-18(13-16)23-14-19(26)24-17-10-7-15(8-11-17)9-12-20(27)25(2)3/h4-8,10-11,13,23H,9,12,14H2,1-3H3,(H,22,28)(H,24,26). The summed E-state index contributed by atoms with van der Waals surface area (Å²) in [6.45, 7) is 0.0796. The van der Waals surface area contributed by atoms with Crippen molar-refractivity contribution in [2.24, 2.45) is 0 Å². The lowest BCUT2D eigenvalue weighted by atomic mass is 10.1. The molecule has 0 saturated carbocycles. The maximum absolute atomic E-state index is 12.1. The van der Waals surface area contributed by atoms with Crippen LogP contribution in [0, 0.1) is 0 Å². The number of anilines is 2. The molecule has 0 heterocycles. The summed E-state index contributed by atoms with van der Waals surface area (Å²) >= 11 is 0. The van der Waals surface area contributed by atoms with Gasteiger partial charge in [0.1, 0.15) is 0 Å². The largest absolute Gasteiger partial charge is 0.376 e. The molecule has 7 heteroatoms. The highest BCUT2D eigenvalue weighted by molar-refractivity contribution is 5.96. The van der Waals surface area contributed by atoms with Gasteiger partial charge in [0, 0.05) is 44.5 Å². The van der Waals surface area contributed by atoms with E-state index in [0.29, 0.717) is 29.8 Å². The smallest absolute Gasteiger partial charge is 0.251 e. The Morgan fingerprint density at radius 2 is 1.68 bits per heavy atom. The van der Waals surface area contributed by atoms with E-state index in [9.17, 15) is 14.4 Å². The molecule has 0 unspecified atom stereocenters. The molecule has 0 aliphatic rings. The SMILES string of the molecule is CNC(=O)c1cccc(NCC(=O)Nc2ccc(CCC(=O)N(C)C)cc2)c1. The summed E-state index contributed by atoms with van der Waals surface area (Å²) in [5, 5.41) is 8.38. The fourth-order valence-corrected chi connectivity index (χ4v) is 2.53. The molecule has 2 aromatic carbocycles. The summed E-state index contributed by atoms with van der Waals surface area (Å²) in [7, 11) is 5.05. The van der Waals surface area contributed by atoms with E-state index in [-0.39, 0.29) is 24.3 Å². The van der Waals surface area contributed by atoms with Gasteiger partial charge in [0.25, 0.3) is 5.91 Å². The Bertz CT molecular complexity index is 832. The second-order valence-electron chi connectivity index (χ2n) is 6.55. The summed E-state index contributed by atoms with van der Waals surface area (Å²) in [6.07, 6.45) is 1.12. The van der Waals surface area contributed by atoms with Crippen molar-refractivity contribution >= 4 is 29.1 Å². The molecule has 0 aliphatic heterocycles. The summed E-state index contributed by atoms with van der Waals surface area (Å²) in [4.78, 5) is 37.0. The molecule has 0 saturated heterocycles. The first-order valence-corrected chi connectivity index (χ1v) is 9.04. The van der Waals surface area contributed by atoms with Crippen LogP contribution in [0.1, 0.15) is 22.3 Å². The highest BCUT2D eigenvalue weighted by Gasteiger charge is 2.07. The molecular weight excluding hydrogens is 356 g/mol. The summed E-state index contributed by atoms with van der Waals surface area (Å²) in [5.41, 5.74) is 2.94. The summed E-state index contributed by atoms with van der Waals surface area (Å²) < 4.78 is 0. The molecule has 28 heavy (non-hydrogen) atoms. The fraction of sp³-hybridized carbons (Fsp3) is 0.286. The van der Waals surface area contributed by atoms with Gasteiger partial charge in [0.2, 0.25) is 11.8 Å². The molecule has 0 aliphatic carbocycles. The zero-order valence-corrected chi connectivity index (χ0v) is 16.4. The van der Waals surface area contributed by atoms with Crippen molar-refractivity contribution in [2.75, 3.05) is 38.3 Å². The van der Waals surface area contributed by atoms with E-state index in [1.165, 1.54) is 0 Å². The Labute approximate surface area is 165 Å². The lowest BCUT2D eigenvalue weighted by Crippen LogP contribution is -2.22. The fourth-order valence-electron chi connectivity index (χ4n) is 2.53. The van der Waals surface area contributed by atoms with Gasteiger partial charge in [-0.25, -0.2) is 0 Å². The van der Waals surface area contributed by atoms with Crippen LogP contribution in [0.2, 0.25) is 0 Å². The monoisotopic (exact) mass is 382 g/mol. The first-order valence-electron chi connectivity index (χ1n) is 9.04. The second-order valence-corrected chi connectivity index (χ2v) is 6.55. The predicted molar refractivity (Wildman–Crippen MR) is 110 cm³/mol. The van der Waals surface area contributed by atoms with Gasteiger partial charge in [0.05, 0.1) is 6.54 Å². The van der Waals surface area contributed by atoms with Crippen LogP contribution < -0.4 is 16.0 Å². The number of nitrogens with one attached hydrogen (secondary N) is 3. The van der Waals surface area contributed by atoms with Crippen molar-refractivity contribution in [1.29, 1.82) is 0 Å². The predicted octanol–water partition coefficient (Wildman–Crippen LogP) is 2.12. The first kappa shape index (κ1) is 21.0. The van der Waals surface area contributed by atoms with Gasteiger partial charge in [-0.3, -0.25) is 14.4 Å². The third kappa shape index (κ3) is 6.42. The van der Waals surface area contributed by atoms with E-state index >= 15 is 0 Å². The third-order valence-corrected chi connectivity index (χ3v) is 4.17. The number of aryl methyl sites for hydroxylation is 1. The van der Waals surface area contributed by atoms with Gasteiger partial charge in [-0.05, 0) is 42.3 Å². The molecule has 2 aromatic rings. The van der Waals surface area contributed by atoms with Crippen LogP contribution in [0.15, 0.2) is 48.5 Å².